The van der Waals surface area contributed by atoms with Gasteiger partial charge in [-0.05, 0) is 75.2 Å². The molecule has 36 heavy (non-hydrogen) atoms. The minimum atomic E-state index is -2.40. The molecule has 0 bridgehead atoms. The Labute approximate surface area is 215 Å². The maximum atomic E-state index is 13.5. The van der Waals surface area contributed by atoms with E-state index >= 15 is 0 Å². The molecule has 3 amide bonds. The van der Waals surface area contributed by atoms with Gasteiger partial charge in [0.25, 0.3) is 11.8 Å². The molecule has 1 aromatic rings. The summed E-state index contributed by atoms with van der Waals surface area (Å²) < 4.78 is 27.0. The zero-order valence-electron chi connectivity index (χ0n) is 20.7. The van der Waals surface area contributed by atoms with Gasteiger partial charge in [-0.1, -0.05) is 25.3 Å². The fourth-order valence-electron chi connectivity index (χ4n) is 5.97. The van der Waals surface area contributed by atoms with E-state index in [-0.39, 0.29) is 30.6 Å². The predicted octanol–water partition coefficient (Wildman–Crippen LogP) is 4.61. The van der Waals surface area contributed by atoms with Crippen molar-refractivity contribution < 1.29 is 23.2 Å². The van der Waals surface area contributed by atoms with Crippen LogP contribution >= 0.6 is 11.8 Å². The second-order valence-electron chi connectivity index (χ2n) is 10.8. The molecular weight excluding hydrogens is 484 g/mol. The molecule has 4 aliphatic rings. The molecule has 9 heteroatoms. The van der Waals surface area contributed by atoms with Crippen LogP contribution in [-0.2, 0) is 16.1 Å². The van der Waals surface area contributed by atoms with Crippen LogP contribution in [0, 0.1) is 5.41 Å². The highest BCUT2D eigenvalue weighted by Gasteiger charge is 2.70. The number of hydrogen-bond donors (Lipinski definition) is 1. The number of carbonyl (C=O) groups is 3. The van der Waals surface area contributed by atoms with Gasteiger partial charge in [0.05, 0.1) is 0 Å². The lowest BCUT2D eigenvalue weighted by Crippen LogP contribution is -2.52. The minimum absolute atomic E-state index is 0.103. The number of benzene rings is 1. The highest BCUT2D eigenvalue weighted by Crippen LogP contribution is 2.65. The standard InChI is InChI=1S/C27H35F2N3O3S/c28-27(29)18-26(27)11-14-31(15-12-26)13-4-2-1-3-5-16-36-22-8-6-7-19-20(22)17-32(25(19)35)21-9-10-23(33)30-24(21)34/h6-8,21H,1-5,9-18H2,(H,30,33,34). The number of piperidine rings is 2. The number of carbonyl (C=O) groups excluding carboxylic acids is 3. The Morgan fingerprint density at radius 3 is 2.47 bits per heavy atom. The van der Waals surface area contributed by atoms with Gasteiger partial charge in [0.2, 0.25) is 11.8 Å². The van der Waals surface area contributed by atoms with Crippen molar-refractivity contribution in [2.75, 3.05) is 25.4 Å². The highest BCUT2D eigenvalue weighted by atomic mass is 32.2. The topological polar surface area (TPSA) is 69.7 Å². The summed E-state index contributed by atoms with van der Waals surface area (Å²) in [7, 11) is 0. The van der Waals surface area contributed by atoms with Gasteiger partial charge in [0.1, 0.15) is 6.04 Å². The van der Waals surface area contributed by atoms with E-state index in [9.17, 15) is 23.2 Å². The predicted molar refractivity (Wildman–Crippen MR) is 134 cm³/mol. The molecule has 3 heterocycles. The molecule has 1 unspecified atom stereocenters. The Balaban J connectivity index is 0.989. The number of nitrogens with zero attached hydrogens (tertiary/aromatic N) is 2. The van der Waals surface area contributed by atoms with E-state index in [1.54, 1.807) is 16.7 Å². The number of thioether (sulfide) groups is 1. The van der Waals surface area contributed by atoms with Crippen LogP contribution in [0.3, 0.4) is 0 Å². The lowest BCUT2D eigenvalue weighted by molar-refractivity contribution is -0.136. The molecule has 2 saturated heterocycles. The van der Waals surface area contributed by atoms with Crippen LogP contribution < -0.4 is 5.32 Å². The van der Waals surface area contributed by atoms with Gasteiger partial charge >= 0.3 is 0 Å². The number of hydrogen-bond acceptors (Lipinski definition) is 5. The first kappa shape index (κ1) is 25.6. The number of alkyl halides is 2. The average molecular weight is 520 g/mol. The average Bonchev–Trinajstić information content (AvgIpc) is 3.20. The second-order valence-corrected chi connectivity index (χ2v) is 11.9. The molecule has 3 aliphatic heterocycles. The van der Waals surface area contributed by atoms with Crippen molar-refractivity contribution in [3.05, 3.63) is 29.3 Å². The molecule has 0 radical (unpaired) electrons. The Morgan fingerprint density at radius 1 is 1.03 bits per heavy atom. The number of rotatable bonds is 10. The first-order valence-electron chi connectivity index (χ1n) is 13.3. The van der Waals surface area contributed by atoms with Gasteiger partial charge in [-0.2, -0.15) is 0 Å². The van der Waals surface area contributed by atoms with Crippen molar-refractivity contribution in [1.82, 2.24) is 15.1 Å². The first-order valence-corrected chi connectivity index (χ1v) is 14.3. The number of nitrogens with one attached hydrogen (secondary N) is 1. The molecule has 1 atom stereocenters. The summed E-state index contributed by atoms with van der Waals surface area (Å²) in [5.74, 6) is -2.21. The molecule has 6 nitrogen and oxygen atoms in total. The van der Waals surface area contributed by atoms with Crippen molar-refractivity contribution in [2.45, 2.75) is 87.6 Å². The summed E-state index contributed by atoms with van der Waals surface area (Å²) in [6, 6.07) is 5.19. The van der Waals surface area contributed by atoms with Crippen LogP contribution in [0.5, 0.6) is 0 Å². The van der Waals surface area contributed by atoms with E-state index in [0.717, 1.165) is 55.1 Å². The number of likely N-dealkylation sites (tertiary alicyclic amines) is 1. The van der Waals surface area contributed by atoms with E-state index < -0.39 is 17.4 Å². The molecule has 0 aromatic heterocycles. The third-order valence-corrected chi connectivity index (χ3v) is 9.63. The number of imide groups is 1. The fourth-order valence-corrected chi connectivity index (χ4v) is 7.06. The zero-order chi connectivity index (χ0) is 25.3. The number of halogens is 2. The van der Waals surface area contributed by atoms with Gasteiger partial charge in [-0.25, -0.2) is 8.78 Å². The smallest absolute Gasteiger partial charge is 0.255 e. The molecule has 3 fully saturated rings. The third kappa shape index (κ3) is 5.19. The normalized spacial score (nSPS) is 24.8. The second kappa shape index (κ2) is 10.4. The molecule has 196 valence electrons. The summed E-state index contributed by atoms with van der Waals surface area (Å²) >= 11 is 1.77. The monoisotopic (exact) mass is 519 g/mol. The van der Waals surface area contributed by atoms with Crippen LogP contribution in [0.25, 0.3) is 0 Å². The molecule has 5 rings (SSSR count). The highest BCUT2D eigenvalue weighted by molar-refractivity contribution is 7.99. The van der Waals surface area contributed by atoms with Crippen LogP contribution in [0.1, 0.15) is 80.1 Å². The number of amides is 3. The number of unbranched alkanes of at least 4 members (excludes halogenated alkanes) is 4. The third-order valence-electron chi connectivity index (χ3n) is 8.44. The van der Waals surface area contributed by atoms with Crippen molar-refractivity contribution in [3.63, 3.8) is 0 Å². The molecule has 1 saturated carbocycles. The van der Waals surface area contributed by atoms with E-state index in [1.807, 2.05) is 18.2 Å². The molecule has 1 aromatic carbocycles. The number of fused-ring (bicyclic) bond motifs is 1. The molecule has 1 spiro atoms. The van der Waals surface area contributed by atoms with E-state index in [1.165, 1.54) is 12.8 Å². The summed E-state index contributed by atoms with van der Waals surface area (Å²) in [4.78, 5) is 41.7. The lowest BCUT2D eigenvalue weighted by atomic mass is 9.92. The van der Waals surface area contributed by atoms with Crippen molar-refractivity contribution >= 4 is 29.5 Å². The molecule has 1 aliphatic carbocycles. The largest absolute Gasteiger partial charge is 0.322 e. The Kier molecular flexibility index (Phi) is 7.41. The van der Waals surface area contributed by atoms with Crippen LogP contribution in [0.15, 0.2) is 23.1 Å². The van der Waals surface area contributed by atoms with Crippen molar-refractivity contribution in [2.24, 2.45) is 5.41 Å². The summed E-state index contributed by atoms with van der Waals surface area (Å²) in [5, 5.41) is 2.35. The van der Waals surface area contributed by atoms with Gasteiger partial charge in [-0.15, -0.1) is 11.8 Å². The molecule has 1 N–H and O–H groups in total. The fraction of sp³-hybridized carbons (Fsp3) is 0.667. The summed E-state index contributed by atoms with van der Waals surface area (Å²) in [5.41, 5.74) is 1.000. The first-order chi connectivity index (χ1) is 17.3. The summed E-state index contributed by atoms with van der Waals surface area (Å²) in [6.45, 7) is 3.07. The van der Waals surface area contributed by atoms with E-state index in [4.69, 9.17) is 0 Å². The van der Waals surface area contributed by atoms with Gasteiger partial charge < -0.3 is 9.80 Å². The summed E-state index contributed by atoms with van der Waals surface area (Å²) in [6.07, 6.45) is 7.75. The lowest BCUT2D eigenvalue weighted by Gasteiger charge is -2.32. The quantitative estimate of drug-likeness (QED) is 0.278. The maximum absolute atomic E-state index is 13.5. The minimum Gasteiger partial charge on any atom is -0.322 e. The van der Waals surface area contributed by atoms with Crippen molar-refractivity contribution in [1.29, 1.82) is 0 Å². The van der Waals surface area contributed by atoms with Crippen LogP contribution in [0.2, 0.25) is 0 Å². The van der Waals surface area contributed by atoms with E-state index in [2.05, 4.69) is 10.2 Å². The Morgan fingerprint density at radius 2 is 1.75 bits per heavy atom. The molecular formula is C27H35F2N3O3S. The van der Waals surface area contributed by atoms with Gasteiger partial charge in [-0.3, -0.25) is 19.7 Å². The Hall–Kier alpha value is -2.00. The zero-order valence-corrected chi connectivity index (χ0v) is 21.5. The maximum Gasteiger partial charge on any atom is 0.255 e. The van der Waals surface area contributed by atoms with Gasteiger partial charge in [0.15, 0.2) is 0 Å². The van der Waals surface area contributed by atoms with Crippen LogP contribution in [0.4, 0.5) is 8.78 Å². The SMILES string of the molecule is O=C1CCC(N2Cc3c(SCCCCCCCN4CCC5(CC4)CC5(F)F)cccc3C2=O)C(=O)N1. The Bertz CT molecular complexity index is 1030. The van der Waals surface area contributed by atoms with E-state index in [0.29, 0.717) is 31.4 Å². The van der Waals surface area contributed by atoms with Crippen molar-refractivity contribution in [3.8, 4) is 0 Å². The van der Waals surface area contributed by atoms with Gasteiger partial charge in [0, 0.05) is 35.3 Å². The van der Waals surface area contributed by atoms with Crippen LogP contribution in [-0.4, -0.2) is 64.9 Å².